The van der Waals surface area contributed by atoms with Crippen LogP contribution in [0.4, 0.5) is 32.0 Å². The standard InChI is InChI=1S/C34H33F6N3O3S2/c1-21-18-26(12-13-28(21)46-32(2,3)31(44)45)47-20-29-27(41-30(48-29)22-4-6-23(7-5-22)33(35,36)37)19-42-14-16-43(17-15-42)25-10-8-24(9-11-25)34(38,39)40/h4-13,18H,14-17,19-20H2,1-3H3,(H,44,45). The van der Waals surface area contributed by atoms with E-state index >= 15 is 0 Å². The normalized spacial score (nSPS) is 14.7. The number of anilines is 1. The second-order valence-corrected chi connectivity index (χ2v) is 14.0. The molecule has 0 spiro atoms. The molecular weight excluding hydrogens is 677 g/mol. The minimum atomic E-state index is -4.45. The Hall–Kier alpha value is -3.75. The number of hydrogen-bond donors (Lipinski definition) is 1. The van der Waals surface area contributed by atoms with Gasteiger partial charge in [0.2, 0.25) is 0 Å². The molecular formula is C34H33F6N3O3S2. The van der Waals surface area contributed by atoms with Gasteiger partial charge in [0.1, 0.15) is 10.8 Å². The lowest BCUT2D eigenvalue weighted by Crippen LogP contribution is -2.46. The maximum Gasteiger partial charge on any atom is 0.416 e. The first kappa shape index (κ1) is 35.6. The largest absolute Gasteiger partial charge is 0.478 e. The van der Waals surface area contributed by atoms with Crippen molar-refractivity contribution in [2.45, 2.75) is 55.9 Å². The molecule has 14 heteroatoms. The van der Waals surface area contributed by atoms with Crippen LogP contribution in [0, 0.1) is 6.92 Å². The topological polar surface area (TPSA) is 65.9 Å². The van der Waals surface area contributed by atoms with E-state index in [0.717, 1.165) is 51.0 Å². The number of benzene rings is 3. The molecule has 5 rings (SSSR count). The maximum atomic E-state index is 13.2. The van der Waals surface area contributed by atoms with Crippen molar-refractivity contribution >= 4 is 34.8 Å². The molecule has 1 aliphatic heterocycles. The third-order valence-electron chi connectivity index (χ3n) is 7.94. The molecule has 0 unspecified atom stereocenters. The van der Waals surface area contributed by atoms with Gasteiger partial charge in [0, 0.05) is 59.5 Å². The summed E-state index contributed by atoms with van der Waals surface area (Å²) in [6.07, 6.45) is -8.84. The number of alkyl halides is 6. The molecule has 0 saturated carbocycles. The summed E-state index contributed by atoms with van der Waals surface area (Å²) in [6, 6.07) is 15.6. The summed E-state index contributed by atoms with van der Waals surface area (Å²) in [7, 11) is 0. The van der Waals surface area contributed by atoms with Gasteiger partial charge in [-0.05, 0) is 80.9 Å². The van der Waals surface area contributed by atoms with Crippen molar-refractivity contribution in [1.29, 1.82) is 0 Å². The fraction of sp³-hybridized carbons (Fsp3) is 0.353. The number of carboxylic acid groups (broad SMARTS) is 1. The molecule has 0 bridgehead atoms. The molecule has 0 amide bonds. The molecule has 0 aliphatic carbocycles. The van der Waals surface area contributed by atoms with E-state index in [1.165, 1.54) is 49.4 Å². The second kappa shape index (κ2) is 14.0. The zero-order valence-electron chi connectivity index (χ0n) is 26.3. The zero-order chi connectivity index (χ0) is 34.9. The Balaban J connectivity index is 1.31. The summed E-state index contributed by atoms with van der Waals surface area (Å²) in [5, 5.41) is 10.0. The number of thiazole rings is 1. The number of piperazine rings is 1. The first-order valence-corrected chi connectivity index (χ1v) is 16.8. The van der Waals surface area contributed by atoms with Gasteiger partial charge < -0.3 is 14.7 Å². The van der Waals surface area contributed by atoms with Crippen molar-refractivity contribution in [1.82, 2.24) is 9.88 Å². The lowest BCUT2D eigenvalue weighted by molar-refractivity contribution is -0.152. The Morgan fingerprint density at radius 2 is 1.48 bits per heavy atom. The molecule has 4 aromatic rings. The van der Waals surface area contributed by atoms with Crippen LogP contribution in [0.15, 0.2) is 71.6 Å². The third kappa shape index (κ3) is 8.63. The van der Waals surface area contributed by atoms with Gasteiger partial charge in [-0.15, -0.1) is 23.1 Å². The van der Waals surface area contributed by atoms with Crippen molar-refractivity contribution in [2.75, 3.05) is 31.1 Å². The molecule has 1 saturated heterocycles. The van der Waals surface area contributed by atoms with Crippen molar-refractivity contribution in [3.8, 4) is 16.3 Å². The highest BCUT2D eigenvalue weighted by atomic mass is 32.2. The summed E-state index contributed by atoms with van der Waals surface area (Å²) in [5.41, 5.74) is 0.0609. The van der Waals surface area contributed by atoms with E-state index in [4.69, 9.17) is 9.72 Å². The Kier molecular flexibility index (Phi) is 10.4. The number of thioether (sulfide) groups is 1. The van der Waals surface area contributed by atoms with Crippen LogP contribution in [-0.2, 0) is 29.4 Å². The monoisotopic (exact) mass is 709 g/mol. The molecule has 1 fully saturated rings. The van der Waals surface area contributed by atoms with Crippen LogP contribution in [0.1, 0.15) is 41.1 Å². The molecule has 1 aliphatic rings. The van der Waals surface area contributed by atoms with Crippen LogP contribution in [0.3, 0.4) is 0 Å². The van der Waals surface area contributed by atoms with E-state index in [9.17, 15) is 36.2 Å². The number of nitrogens with zero attached hydrogens (tertiary/aromatic N) is 3. The highest BCUT2D eigenvalue weighted by Crippen LogP contribution is 2.37. The zero-order valence-corrected chi connectivity index (χ0v) is 27.9. The van der Waals surface area contributed by atoms with Crippen LogP contribution in [-0.4, -0.2) is 52.7 Å². The van der Waals surface area contributed by atoms with E-state index in [1.54, 1.807) is 17.8 Å². The summed E-state index contributed by atoms with van der Waals surface area (Å²) in [6.45, 7) is 7.81. The fourth-order valence-electron chi connectivity index (χ4n) is 5.08. The molecule has 3 aromatic carbocycles. The van der Waals surface area contributed by atoms with Gasteiger partial charge in [-0.25, -0.2) is 9.78 Å². The van der Waals surface area contributed by atoms with Crippen LogP contribution < -0.4 is 9.64 Å². The lowest BCUT2D eigenvalue weighted by Gasteiger charge is -2.36. The van der Waals surface area contributed by atoms with Crippen molar-refractivity contribution < 1.29 is 41.0 Å². The maximum absolute atomic E-state index is 13.2. The van der Waals surface area contributed by atoms with Crippen molar-refractivity contribution in [2.24, 2.45) is 0 Å². The molecule has 6 nitrogen and oxygen atoms in total. The predicted molar refractivity (Wildman–Crippen MR) is 175 cm³/mol. The number of rotatable bonds is 10. The van der Waals surface area contributed by atoms with Crippen LogP contribution in [0.2, 0.25) is 0 Å². The van der Waals surface area contributed by atoms with Gasteiger partial charge in [-0.2, -0.15) is 26.3 Å². The highest BCUT2D eigenvalue weighted by molar-refractivity contribution is 7.98. The quantitative estimate of drug-likeness (QED) is 0.130. The SMILES string of the molecule is Cc1cc(SCc2sc(-c3ccc(C(F)(F)F)cc3)nc2CN2CCN(c3ccc(C(F)(F)F)cc3)CC2)ccc1OC(C)(C)C(=O)O. The first-order valence-electron chi connectivity index (χ1n) is 15.0. The molecule has 0 atom stereocenters. The number of aromatic nitrogens is 1. The Labute approximate surface area is 282 Å². The Bertz CT molecular complexity index is 1730. The van der Waals surface area contributed by atoms with Gasteiger partial charge in [0.15, 0.2) is 5.60 Å². The highest BCUT2D eigenvalue weighted by Gasteiger charge is 2.32. The van der Waals surface area contributed by atoms with E-state index in [0.29, 0.717) is 54.8 Å². The number of aryl methyl sites for hydroxylation is 1. The predicted octanol–water partition coefficient (Wildman–Crippen LogP) is 9.01. The van der Waals surface area contributed by atoms with E-state index in [1.807, 2.05) is 24.0 Å². The van der Waals surface area contributed by atoms with Crippen molar-refractivity contribution in [3.63, 3.8) is 0 Å². The summed E-state index contributed by atoms with van der Waals surface area (Å²) in [5.74, 6) is -0.0763. The Morgan fingerprint density at radius 1 is 0.896 bits per heavy atom. The fourth-order valence-corrected chi connectivity index (χ4v) is 7.25. The molecule has 48 heavy (non-hydrogen) atoms. The van der Waals surface area contributed by atoms with Crippen molar-refractivity contribution in [3.05, 3.63) is 94.0 Å². The third-order valence-corrected chi connectivity index (χ3v) is 10.3. The summed E-state index contributed by atoms with van der Waals surface area (Å²) in [4.78, 5) is 22.5. The van der Waals surface area contributed by atoms with E-state index < -0.39 is 35.0 Å². The van der Waals surface area contributed by atoms with Gasteiger partial charge in [0.05, 0.1) is 16.8 Å². The number of carboxylic acids is 1. The molecule has 0 radical (unpaired) electrons. The summed E-state index contributed by atoms with van der Waals surface area (Å²) >= 11 is 2.98. The van der Waals surface area contributed by atoms with Gasteiger partial charge in [-0.3, -0.25) is 4.90 Å². The van der Waals surface area contributed by atoms with Gasteiger partial charge in [-0.1, -0.05) is 12.1 Å². The number of aliphatic carboxylic acids is 1. The minimum absolute atomic E-state index is 0.463. The number of ether oxygens (including phenoxy) is 1. The lowest BCUT2D eigenvalue weighted by atomic mass is 10.1. The molecule has 1 aromatic heterocycles. The van der Waals surface area contributed by atoms with E-state index in [2.05, 4.69) is 4.90 Å². The average Bonchev–Trinajstić information content (AvgIpc) is 3.43. The molecule has 2 heterocycles. The van der Waals surface area contributed by atoms with Crippen LogP contribution in [0.25, 0.3) is 10.6 Å². The molecule has 1 N–H and O–H groups in total. The number of hydrogen-bond acceptors (Lipinski definition) is 7. The smallest absolute Gasteiger partial charge is 0.416 e. The minimum Gasteiger partial charge on any atom is -0.478 e. The average molecular weight is 710 g/mol. The van der Waals surface area contributed by atoms with E-state index in [-0.39, 0.29) is 0 Å². The van der Waals surface area contributed by atoms with Crippen LogP contribution >= 0.6 is 23.1 Å². The van der Waals surface area contributed by atoms with Gasteiger partial charge in [0.25, 0.3) is 0 Å². The molecule has 256 valence electrons. The van der Waals surface area contributed by atoms with Crippen LogP contribution in [0.5, 0.6) is 5.75 Å². The Morgan fingerprint density at radius 3 is 2.02 bits per heavy atom. The first-order chi connectivity index (χ1) is 22.5. The van der Waals surface area contributed by atoms with Gasteiger partial charge >= 0.3 is 18.3 Å². The summed E-state index contributed by atoms with van der Waals surface area (Å²) < 4.78 is 84.2. The number of carbonyl (C=O) groups is 1. The number of halogens is 6. The second-order valence-electron chi connectivity index (χ2n) is 11.9.